The quantitative estimate of drug-likeness (QED) is 0.604. The van der Waals surface area contributed by atoms with Gasteiger partial charge in [-0.05, 0) is 49.4 Å². The third-order valence-electron chi connectivity index (χ3n) is 3.99. The molecule has 3 rings (SSSR count). The summed E-state index contributed by atoms with van der Waals surface area (Å²) >= 11 is 7.48. The number of amides is 2. The highest BCUT2D eigenvalue weighted by molar-refractivity contribution is 7.09. The van der Waals surface area contributed by atoms with Gasteiger partial charge in [0.2, 0.25) is 5.91 Å². The van der Waals surface area contributed by atoms with Crippen LogP contribution in [0.15, 0.2) is 53.9 Å². The standard InChI is InChI=1S/C21H20ClN3O3S/c1-14-23-18(13-29-14)12-28-19-8-6-15(7-9-19)21(27)25(2)11-20(26)24-17-5-3-4-16(22)10-17/h3-10,13H,11-12H2,1-2H3,(H,24,26). The number of halogens is 1. The van der Waals surface area contributed by atoms with Crippen LogP contribution >= 0.6 is 22.9 Å². The number of thiazole rings is 1. The summed E-state index contributed by atoms with van der Waals surface area (Å²) in [4.78, 5) is 30.4. The molecule has 29 heavy (non-hydrogen) atoms. The maximum atomic E-state index is 12.6. The van der Waals surface area contributed by atoms with E-state index in [1.54, 1.807) is 66.9 Å². The molecule has 150 valence electrons. The van der Waals surface area contributed by atoms with Crippen LogP contribution in [-0.2, 0) is 11.4 Å². The molecule has 0 spiro atoms. The minimum Gasteiger partial charge on any atom is -0.487 e. The predicted molar refractivity (Wildman–Crippen MR) is 115 cm³/mol. The van der Waals surface area contributed by atoms with Crippen molar-refractivity contribution in [3.8, 4) is 5.75 Å². The number of anilines is 1. The molecular weight excluding hydrogens is 410 g/mol. The zero-order valence-corrected chi connectivity index (χ0v) is 17.6. The van der Waals surface area contributed by atoms with Gasteiger partial charge >= 0.3 is 0 Å². The molecule has 3 aromatic rings. The number of ether oxygens (including phenoxy) is 1. The summed E-state index contributed by atoms with van der Waals surface area (Å²) < 4.78 is 5.69. The highest BCUT2D eigenvalue weighted by atomic mass is 35.5. The fourth-order valence-electron chi connectivity index (χ4n) is 2.60. The smallest absolute Gasteiger partial charge is 0.254 e. The van der Waals surface area contributed by atoms with E-state index in [0.717, 1.165) is 10.7 Å². The predicted octanol–water partition coefficient (Wildman–Crippen LogP) is 4.39. The van der Waals surface area contributed by atoms with Crippen LogP contribution in [-0.4, -0.2) is 35.3 Å². The van der Waals surface area contributed by atoms with Crippen molar-refractivity contribution in [2.45, 2.75) is 13.5 Å². The first kappa shape index (κ1) is 20.8. The van der Waals surface area contributed by atoms with Crippen LogP contribution in [0.5, 0.6) is 5.75 Å². The molecule has 1 N–H and O–H groups in total. The Balaban J connectivity index is 1.52. The Kier molecular flexibility index (Phi) is 6.85. The third kappa shape index (κ3) is 6.04. The molecule has 1 heterocycles. The number of hydrogen-bond acceptors (Lipinski definition) is 5. The lowest BCUT2D eigenvalue weighted by atomic mass is 10.2. The highest BCUT2D eigenvalue weighted by Gasteiger charge is 2.15. The van der Waals surface area contributed by atoms with E-state index in [1.807, 2.05) is 12.3 Å². The molecular formula is C21H20ClN3O3S. The highest BCUT2D eigenvalue weighted by Crippen LogP contribution is 2.17. The zero-order valence-electron chi connectivity index (χ0n) is 16.0. The van der Waals surface area contributed by atoms with Crippen LogP contribution in [0.1, 0.15) is 21.1 Å². The fourth-order valence-corrected chi connectivity index (χ4v) is 3.39. The molecule has 0 saturated heterocycles. The molecule has 0 fully saturated rings. The number of aryl methyl sites for hydroxylation is 1. The van der Waals surface area contributed by atoms with Crippen molar-refractivity contribution in [3.63, 3.8) is 0 Å². The van der Waals surface area contributed by atoms with Gasteiger partial charge in [-0.3, -0.25) is 9.59 Å². The first-order valence-corrected chi connectivity index (χ1v) is 10.1. The Hall–Kier alpha value is -2.90. The van der Waals surface area contributed by atoms with Crippen LogP contribution in [0.3, 0.4) is 0 Å². The first-order valence-electron chi connectivity index (χ1n) is 8.85. The monoisotopic (exact) mass is 429 g/mol. The van der Waals surface area contributed by atoms with Gasteiger partial charge in [0.15, 0.2) is 0 Å². The summed E-state index contributed by atoms with van der Waals surface area (Å²) in [7, 11) is 1.58. The van der Waals surface area contributed by atoms with Gasteiger partial charge in [-0.15, -0.1) is 11.3 Å². The van der Waals surface area contributed by atoms with Gasteiger partial charge in [-0.2, -0.15) is 0 Å². The van der Waals surface area contributed by atoms with Crippen molar-refractivity contribution in [3.05, 3.63) is 75.2 Å². The van der Waals surface area contributed by atoms with Crippen molar-refractivity contribution in [1.29, 1.82) is 0 Å². The van der Waals surface area contributed by atoms with E-state index in [4.69, 9.17) is 16.3 Å². The lowest BCUT2D eigenvalue weighted by Crippen LogP contribution is -2.34. The summed E-state index contributed by atoms with van der Waals surface area (Å²) in [6.07, 6.45) is 0. The van der Waals surface area contributed by atoms with E-state index in [0.29, 0.717) is 28.6 Å². The summed E-state index contributed by atoms with van der Waals surface area (Å²) in [5.74, 6) is 0.0862. The van der Waals surface area contributed by atoms with Gasteiger partial charge in [0.1, 0.15) is 12.4 Å². The normalized spacial score (nSPS) is 10.4. The molecule has 8 heteroatoms. The van der Waals surface area contributed by atoms with Gasteiger partial charge < -0.3 is 15.0 Å². The molecule has 0 bridgehead atoms. The SMILES string of the molecule is Cc1nc(COc2ccc(C(=O)N(C)CC(=O)Nc3cccc(Cl)c3)cc2)cs1. The second-order valence-corrected chi connectivity index (χ2v) is 7.89. The number of likely N-dealkylation sites (N-methyl/N-ethyl adjacent to an activating group) is 1. The van der Waals surface area contributed by atoms with E-state index in [9.17, 15) is 9.59 Å². The largest absolute Gasteiger partial charge is 0.487 e. The molecule has 0 aliphatic heterocycles. The second kappa shape index (κ2) is 9.54. The topological polar surface area (TPSA) is 71.5 Å². The summed E-state index contributed by atoms with van der Waals surface area (Å²) in [6, 6.07) is 13.7. The molecule has 0 saturated carbocycles. The molecule has 2 aromatic carbocycles. The summed E-state index contributed by atoms with van der Waals surface area (Å²) in [5, 5.41) is 6.20. The molecule has 0 unspecified atom stereocenters. The number of carbonyl (C=O) groups excluding carboxylic acids is 2. The number of aromatic nitrogens is 1. The van der Waals surface area contributed by atoms with Gasteiger partial charge in [-0.1, -0.05) is 17.7 Å². The molecule has 0 radical (unpaired) electrons. The number of benzene rings is 2. The molecule has 6 nitrogen and oxygen atoms in total. The Labute approximate surface area is 178 Å². The second-order valence-electron chi connectivity index (χ2n) is 6.39. The maximum Gasteiger partial charge on any atom is 0.254 e. The average Bonchev–Trinajstić information content (AvgIpc) is 3.11. The lowest BCUT2D eigenvalue weighted by Gasteiger charge is -2.17. The van der Waals surface area contributed by atoms with Gasteiger partial charge in [-0.25, -0.2) is 4.98 Å². The molecule has 0 aliphatic carbocycles. The molecule has 1 aromatic heterocycles. The number of carbonyl (C=O) groups is 2. The van der Waals surface area contributed by atoms with Crippen LogP contribution in [0, 0.1) is 6.92 Å². The maximum absolute atomic E-state index is 12.6. The Morgan fingerprint density at radius 3 is 2.62 bits per heavy atom. The molecule has 0 aliphatic rings. The summed E-state index contributed by atoms with van der Waals surface area (Å²) in [5.41, 5.74) is 1.93. The van der Waals surface area contributed by atoms with Crippen molar-refractivity contribution >= 4 is 40.4 Å². The molecule has 2 amide bonds. The number of nitrogens with zero attached hydrogens (tertiary/aromatic N) is 2. The minimum atomic E-state index is -0.304. The van der Waals surface area contributed by atoms with Crippen molar-refractivity contribution in [2.75, 3.05) is 18.9 Å². The number of hydrogen-bond donors (Lipinski definition) is 1. The van der Waals surface area contributed by atoms with Gasteiger partial charge in [0.05, 0.1) is 17.2 Å². The fraction of sp³-hybridized carbons (Fsp3) is 0.190. The lowest BCUT2D eigenvalue weighted by molar-refractivity contribution is -0.116. The van der Waals surface area contributed by atoms with E-state index in [1.165, 1.54) is 4.90 Å². The van der Waals surface area contributed by atoms with Crippen LogP contribution in [0.4, 0.5) is 5.69 Å². The van der Waals surface area contributed by atoms with Crippen LogP contribution < -0.4 is 10.1 Å². The zero-order chi connectivity index (χ0) is 20.8. The molecule has 0 atom stereocenters. The third-order valence-corrected chi connectivity index (χ3v) is 5.05. The van der Waals surface area contributed by atoms with E-state index in [-0.39, 0.29) is 18.4 Å². The van der Waals surface area contributed by atoms with Crippen molar-refractivity contribution in [2.24, 2.45) is 0 Å². The Morgan fingerprint density at radius 1 is 1.21 bits per heavy atom. The van der Waals surface area contributed by atoms with Gasteiger partial charge in [0, 0.05) is 28.7 Å². The average molecular weight is 430 g/mol. The van der Waals surface area contributed by atoms with E-state index in [2.05, 4.69) is 10.3 Å². The Morgan fingerprint density at radius 2 is 1.97 bits per heavy atom. The summed E-state index contributed by atoms with van der Waals surface area (Å²) in [6.45, 7) is 2.24. The first-order chi connectivity index (χ1) is 13.9. The number of rotatable bonds is 7. The van der Waals surface area contributed by atoms with E-state index < -0.39 is 0 Å². The van der Waals surface area contributed by atoms with Crippen molar-refractivity contribution in [1.82, 2.24) is 9.88 Å². The van der Waals surface area contributed by atoms with E-state index >= 15 is 0 Å². The van der Waals surface area contributed by atoms with Gasteiger partial charge in [0.25, 0.3) is 5.91 Å². The Bertz CT molecular complexity index is 1000. The minimum absolute atomic E-state index is 0.0766. The number of nitrogens with one attached hydrogen (secondary N) is 1. The van der Waals surface area contributed by atoms with Crippen molar-refractivity contribution < 1.29 is 14.3 Å². The van der Waals surface area contributed by atoms with Crippen LogP contribution in [0.2, 0.25) is 5.02 Å². The van der Waals surface area contributed by atoms with Crippen LogP contribution in [0.25, 0.3) is 0 Å².